The van der Waals surface area contributed by atoms with Crippen molar-refractivity contribution in [2.24, 2.45) is 0 Å². The van der Waals surface area contributed by atoms with Gasteiger partial charge in [0.25, 0.3) is 0 Å². The molecule has 0 rings (SSSR count). The maximum Gasteiger partial charge on any atom is 1.00 e. The van der Waals surface area contributed by atoms with Crippen LogP contribution in [0.2, 0.25) is 0 Å². The average Bonchev–Trinajstić information content (AvgIpc) is 2.01. The molecule has 5 heteroatoms. The molecule has 0 N–H and O–H groups in total. The van der Waals surface area contributed by atoms with Gasteiger partial charge in [-0.15, -0.1) is 0 Å². The van der Waals surface area contributed by atoms with Crippen LogP contribution in [0.1, 0.15) is 32.6 Å². The summed E-state index contributed by atoms with van der Waals surface area (Å²) in [4.78, 5) is 20.6. The number of carboxylic acids is 1. The zero-order chi connectivity index (χ0) is 9.40. The number of hydrogen-bond donors (Lipinski definition) is 0. The molecule has 0 aliphatic heterocycles. The zero-order valence-corrected chi connectivity index (χ0v) is 8.17. The van der Waals surface area contributed by atoms with Gasteiger partial charge in [-0.2, -0.15) is 0 Å². The van der Waals surface area contributed by atoms with Crippen molar-refractivity contribution in [3.8, 4) is 0 Å². The van der Waals surface area contributed by atoms with Crippen molar-refractivity contribution >= 4 is 11.9 Å². The van der Waals surface area contributed by atoms with Crippen LogP contribution >= 0.6 is 0 Å². The number of rotatable bonds is 6. The molecule has 0 aliphatic carbocycles. The summed E-state index contributed by atoms with van der Waals surface area (Å²) in [5.74, 6) is -1.69. The normalized spacial score (nSPS) is 8.69. The molecule has 0 fully saturated rings. The molecule has 0 saturated heterocycles. The average molecular weight is 180 g/mol. The van der Waals surface area contributed by atoms with Gasteiger partial charge in [0.15, 0.2) is 0 Å². The first kappa shape index (κ1) is 15.0. The van der Waals surface area contributed by atoms with Gasteiger partial charge in [0.05, 0.1) is 13.0 Å². The van der Waals surface area contributed by atoms with Gasteiger partial charge in [-0.05, 0) is 12.8 Å². The molecule has 0 aromatic heterocycles. The minimum atomic E-state index is -1.22. The summed E-state index contributed by atoms with van der Waals surface area (Å²) < 4.78 is 4.70. The summed E-state index contributed by atoms with van der Waals surface area (Å²) in [6, 6.07) is 0. The molecule has 0 saturated carbocycles. The third-order valence-electron chi connectivity index (χ3n) is 1.29. The second-order valence-electron chi connectivity index (χ2n) is 2.45. The van der Waals surface area contributed by atoms with E-state index in [1.165, 1.54) is 0 Å². The van der Waals surface area contributed by atoms with Crippen molar-refractivity contribution in [3.63, 3.8) is 0 Å². The minimum absolute atomic E-state index is 0. The number of carbonyl (C=O) groups is 2. The molecule has 0 aromatic carbocycles. The van der Waals surface area contributed by atoms with E-state index in [-0.39, 0.29) is 31.7 Å². The van der Waals surface area contributed by atoms with Crippen LogP contribution in [0, 0.1) is 0 Å². The summed E-state index contributed by atoms with van der Waals surface area (Å²) in [6.07, 6.45) is 1.42. The molecule has 70 valence electrons. The number of ether oxygens (including phenoxy) is 1. The third kappa shape index (κ3) is 11.5. The summed E-state index contributed by atoms with van der Waals surface area (Å²) in [7, 11) is 0. The van der Waals surface area contributed by atoms with Gasteiger partial charge in [-0.1, -0.05) is 13.3 Å². The Morgan fingerprint density at radius 2 is 1.92 bits per heavy atom. The van der Waals surface area contributed by atoms with Crippen molar-refractivity contribution in [3.05, 3.63) is 0 Å². The molecule has 0 radical (unpaired) electrons. The summed E-state index contributed by atoms with van der Waals surface area (Å²) in [5.41, 5.74) is 0. The van der Waals surface area contributed by atoms with Crippen LogP contribution in [0.5, 0.6) is 0 Å². The summed E-state index contributed by atoms with van der Waals surface area (Å²) in [6.45, 7) is 2.36. The molecular weight excluding hydrogens is 167 g/mol. The van der Waals surface area contributed by atoms with E-state index in [2.05, 4.69) is 0 Å². The fourth-order valence-electron chi connectivity index (χ4n) is 0.607. The minimum Gasteiger partial charge on any atom is -0.550 e. The molecular formula is C8H13LiO4. The van der Waals surface area contributed by atoms with E-state index in [0.29, 0.717) is 6.61 Å². The number of hydrogen-bond acceptors (Lipinski definition) is 4. The maximum atomic E-state index is 10.7. The van der Waals surface area contributed by atoms with E-state index in [1.807, 2.05) is 6.92 Å². The van der Waals surface area contributed by atoms with E-state index < -0.39 is 11.9 Å². The van der Waals surface area contributed by atoms with Gasteiger partial charge in [-0.3, -0.25) is 4.79 Å². The molecule has 0 heterocycles. The quantitative estimate of drug-likeness (QED) is 0.246. The predicted molar refractivity (Wildman–Crippen MR) is 40.1 cm³/mol. The number of carbonyl (C=O) groups excluding carboxylic acids is 2. The fraction of sp³-hybridized carbons (Fsp3) is 0.750. The van der Waals surface area contributed by atoms with Crippen molar-refractivity contribution in [2.75, 3.05) is 6.61 Å². The van der Waals surface area contributed by atoms with Crippen molar-refractivity contribution in [1.29, 1.82) is 0 Å². The molecule has 0 unspecified atom stereocenters. The number of aliphatic carboxylic acids is 1. The van der Waals surface area contributed by atoms with Crippen LogP contribution in [0.3, 0.4) is 0 Å². The zero-order valence-electron chi connectivity index (χ0n) is 8.17. The van der Waals surface area contributed by atoms with Crippen molar-refractivity contribution in [2.45, 2.75) is 32.6 Å². The first-order valence-electron chi connectivity index (χ1n) is 4.02. The standard InChI is InChI=1S/C8H14O4.Li/c1-2-3-6-12-8(11)5-4-7(9)10;/h2-6H2,1H3,(H,9,10);/q;+1/p-1. The van der Waals surface area contributed by atoms with Crippen molar-refractivity contribution < 1.29 is 38.3 Å². The Balaban J connectivity index is 0. The van der Waals surface area contributed by atoms with Gasteiger partial charge in [0, 0.05) is 5.97 Å². The van der Waals surface area contributed by atoms with Crippen LogP contribution in [0.4, 0.5) is 0 Å². The maximum absolute atomic E-state index is 10.7. The van der Waals surface area contributed by atoms with Crippen molar-refractivity contribution in [1.82, 2.24) is 0 Å². The van der Waals surface area contributed by atoms with Gasteiger partial charge in [-0.25, -0.2) is 0 Å². The second-order valence-corrected chi connectivity index (χ2v) is 2.45. The summed E-state index contributed by atoms with van der Waals surface area (Å²) >= 11 is 0. The van der Waals surface area contributed by atoms with E-state index in [0.717, 1.165) is 12.8 Å². The van der Waals surface area contributed by atoms with E-state index in [4.69, 9.17) is 4.74 Å². The van der Waals surface area contributed by atoms with Crippen LogP contribution in [0.15, 0.2) is 0 Å². The summed E-state index contributed by atoms with van der Waals surface area (Å²) in [5, 5.41) is 9.91. The number of carboxylic acid groups (broad SMARTS) is 1. The largest absolute Gasteiger partial charge is 1.00 e. The van der Waals surface area contributed by atoms with Gasteiger partial charge < -0.3 is 14.6 Å². The topological polar surface area (TPSA) is 66.4 Å². The van der Waals surface area contributed by atoms with Crippen LogP contribution in [-0.2, 0) is 14.3 Å². The Hall–Kier alpha value is -0.463. The number of unbranched alkanes of at least 4 members (excludes halogenated alkanes) is 1. The molecule has 4 nitrogen and oxygen atoms in total. The molecule has 0 bridgehead atoms. The molecule has 13 heavy (non-hydrogen) atoms. The van der Waals surface area contributed by atoms with E-state index >= 15 is 0 Å². The Morgan fingerprint density at radius 1 is 1.31 bits per heavy atom. The first-order chi connectivity index (χ1) is 5.66. The number of esters is 1. The van der Waals surface area contributed by atoms with Crippen LogP contribution < -0.4 is 24.0 Å². The van der Waals surface area contributed by atoms with E-state index in [9.17, 15) is 14.7 Å². The Labute approximate surface area is 89.8 Å². The Kier molecular flexibility index (Phi) is 11.1. The molecule has 0 amide bonds. The first-order valence-corrected chi connectivity index (χ1v) is 4.02. The SMILES string of the molecule is CCCCOC(=O)CCC(=O)[O-].[Li+]. The molecule has 0 aliphatic rings. The van der Waals surface area contributed by atoms with Gasteiger partial charge in [0.1, 0.15) is 0 Å². The molecule has 0 spiro atoms. The van der Waals surface area contributed by atoms with E-state index in [1.54, 1.807) is 0 Å². The second kappa shape index (κ2) is 9.62. The fourth-order valence-corrected chi connectivity index (χ4v) is 0.607. The van der Waals surface area contributed by atoms with Gasteiger partial charge in [0.2, 0.25) is 0 Å². The van der Waals surface area contributed by atoms with Crippen LogP contribution in [0.25, 0.3) is 0 Å². The van der Waals surface area contributed by atoms with Crippen LogP contribution in [-0.4, -0.2) is 18.5 Å². The Morgan fingerprint density at radius 3 is 2.38 bits per heavy atom. The molecule has 0 atom stereocenters. The third-order valence-corrected chi connectivity index (χ3v) is 1.29. The predicted octanol–water partition coefficient (Wildman–Crippen LogP) is -3.14. The smallest absolute Gasteiger partial charge is 0.550 e. The molecule has 0 aromatic rings. The van der Waals surface area contributed by atoms with Gasteiger partial charge >= 0.3 is 24.8 Å². The Bertz CT molecular complexity index is 158. The monoisotopic (exact) mass is 180 g/mol.